The lowest BCUT2D eigenvalue weighted by atomic mass is 10.1. The Morgan fingerprint density at radius 3 is 2.61 bits per heavy atom. The van der Waals surface area contributed by atoms with Crippen LogP contribution >= 0.6 is 23.2 Å². The molecule has 33 heavy (non-hydrogen) atoms. The van der Waals surface area contributed by atoms with Gasteiger partial charge in [-0.1, -0.05) is 29.3 Å². The fraction of sp³-hybridized carbons (Fsp3) is 0.0476. The lowest BCUT2D eigenvalue weighted by Gasteiger charge is -2.12. The van der Waals surface area contributed by atoms with Gasteiger partial charge in [-0.15, -0.1) is 0 Å². The molecule has 0 atom stereocenters. The number of nitrogens with one attached hydrogen (secondary N) is 3. The molecule has 4 rings (SSSR count). The predicted molar refractivity (Wildman–Crippen MR) is 126 cm³/mol. The van der Waals surface area contributed by atoms with Crippen molar-refractivity contribution in [3.05, 3.63) is 86.3 Å². The standard InChI is InChI=1S/C21H15Cl2N7O3/c1-11-5-7-14-16(26-11)3-2-4-17(14)27-19-18(30(32)33)20(25-10-24-19)28-29-21(31)13-8-6-12(22)9-15(13)23/h2-10H,1H3,(H,29,31)(H2,24,25,27,28). The van der Waals surface area contributed by atoms with Crippen LogP contribution < -0.4 is 16.2 Å². The highest BCUT2D eigenvalue weighted by atomic mass is 35.5. The zero-order valence-corrected chi connectivity index (χ0v) is 18.5. The number of rotatable bonds is 6. The van der Waals surface area contributed by atoms with Gasteiger partial charge in [-0.3, -0.25) is 30.7 Å². The first-order valence-corrected chi connectivity index (χ1v) is 10.2. The van der Waals surface area contributed by atoms with Gasteiger partial charge in [-0.25, -0.2) is 9.97 Å². The third-order valence-electron chi connectivity index (χ3n) is 4.60. The largest absolute Gasteiger partial charge is 0.355 e. The fourth-order valence-corrected chi connectivity index (χ4v) is 3.58. The van der Waals surface area contributed by atoms with Gasteiger partial charge in [0.2, 0.25) is 11.6 Å². The molecule has 4 aromatic rings. The van der Waals surface area contributed by atoms with Gasteiger partial charge in [-0.05, 0) is 49.4 Å². The molecule has 0 aliphatic heterocycles. The van der Waals surface area contributed by atoms with Gasteiger partial charge >= 0.3 is 5.69 Å². The van der Waals surface area contributed by atoms with Crippen LogP contribution in [0.4, 0.5) is 23.0 Å². The molecule has 10 nitrogen and oxygen atoms in total. The van der Waals surface area contributed by atoms with E-state index in [1.165, 1.54) is 18.2 Å². The average molecular weight is 484 g/mol. The number of aryl methyl sites for hydroxylation is 1. The monoisotopic (exact) mass is 483 g/mol. The minimum Gasteiger partial charge on any atom is -0.334 e. The van der Waals surface area contributed by atoms with Gasteiger partial charge in [0, 0.05) is 21.8 Å². The molecule has 166 valence electrons. The van der Waals surface area contributed by atoms with Crippen molar-refractivity contribution < 1.29 is 9.72 Å². The van der Waals surface area contributed by atoms with Crippen molar-refractivity contribution in [3.63, 3.8) is 0 Å². The number of carbonyl (C=O) groups is 1. The summed E-state index contributed by atoms with van der Waals surface area (Å²) < 4.78 is 0. The number of hydrazine groups is 1. The van der Waals surface area contributed by atoms with Crippen LogP contribution in [0.2, 0.25) is 10.0 Å². The number of pyridine rings is 1. The Kier molecular flexibility index (Phi) is 6.20. The van der Waals surface area contributed by atoms with E-state index in [1.54, 1.807) is 12.1 Å². The van der Waals surface area contributed by atoms with Gasteiger partial charge in [0.25, 0.3) is 5.91 Å². The van der Waals surface area contributed by atoms with E-state index in [2.05, 4.69) is 31.1 Å². The second-order valence-corrected chi connectivity index (χ2v) is 7.67. The van der Waals surface area contributed by atoms with Crippen LogP contribution in [0, 0.1) is 17.0 Å². The minimum absolute atomic E-state index is 0.0654. The maximum Gasteiger partial charge on any atom is 0.355 e. The molecule has 2 heterocycles. The van der Waals surface area contributed by atoms with Crippen molar-refractivity contribution >= 4 is 63.0 Å². The molecule has 0 saturated heterocycles. The molecule has 0 saturated carbocycles. The average Bonchev–Trinajstić information content (AvgIpc) is 2.77. The molecule has 3 N–H and O–H groups in total. The number of fused-ring (bicyclic) bond motifs is 1. The van der Waals surface area contributed by atoms with Crippen molar-refractivity contribution in [2.24, 2.45) is 0 Å². The molecule has 0 fully saturated rings. The number of anilines is 3. The first-order valence-electron chi connectivity index (χ1n) is 9.47. The van der Waals surface area contributed by atoms with E-state index in [9.17, 15) is 14.9 Å². The summed E-state index contributed by atoms with van der Waals surface area (Å²) in [5, 5.41) is 16.1. The minimum atomic E-state index is -0.653. The van der Waals surface area contributed by atoms with E-state index in [0.717, 1.165) is 22.9 Å². The van der Waals surface area contributed by atoms with Crippen molar-refractivity contribution in [1.82, 2.24) is 20.4 Å². The van der Waals surface area contributed by atoms with Crippen molar-refractivity contribution in [2.75, 3.05) is 10.7 Å². The van der Waals surface area contributed by atoms with Gasteiger partial charge in [-0.2, -0.15) is 0 Å². The molecule has 0 aliphatic rings. The molecule has 0 radical (unpaired) electrons. The quantitative estimate of drug-likeness (QED) is 0.256. The zero-order chi connectivity index (χ0) is 23.5. The van der Waals surface area contributed by atoms with Gasteiger partial charge in [0.15, 0.2) is 0 Å². The summed E-state index contributed by atoms with van der Waals surface area (Å²) in [6.07, 6.45) is 1.13. The number of nitrogens with zero attached hydrogens (tertiary/aromatic N) is 4. The normalized spacial score (nSPS) is 10.6. The number of hydrogen-bond acceptors (Lipinski definition) is 8. The van der Waals surface area contributed by atoms with Crippen LogP contribution in [-0.4, -0.2) is 25.8 Å². The second-order valence-electron chi connectivity index (χ2n) is 6.83. The molecule has 0 bridgehead atoms. The summed E-state index contributed by atoms with van der Waals surface area (Å²) in [4.78, 5) is 36.0. The molecule has 0 spiro atoms. The van der Waals surface area contributed by atoms with Gasteiger partial charge in [0.1, 0.15) is 6.33 Å². The predicted octanol–water partition coefficient (Wildman–Crippen LogP) is 5.05. The molecule has 2 aromatic carbocycles. The molecular formula is C21H15Cl2N7O3. The Morgan fingerprint density at radius 1 is 1.06 bits per heavy atom. The number of amides is 1. The molecule has 12 heteroatoms. The number of halogens is 2. The Hall–Kier alpha value is -4.02. The Labute approximate surface area is 197 Å². The molecule has 2 aromatic heterocycles. The van der Waals surface area contributed by atoms with E-state index >= 15 is 0 Å². The number of hydrogen-bond donors (Lipinski definition) is 3. The highest BCUT2D eigenvalue weighted by Crippen LogP contribution is 2.33. The zero-order valence-electron chi connectivity index (χ0n) is 17.0. The first kappa shape index (κ1) is 22.2. The van der Waals surface area contributed by atoms with Crippen LogP contribution in [0.25, 0.3) is 10.9 Å². The first-order chi connectivity index (χ1) is 15.8. The van der Waals surface area contributed by atoms with E-state index in [-0.39, 0.29) is 22.2 Å². The van der Waals surface area contributed by atoms with Crippen LogP contribution in [0.3, 0.4) is 0 Å². The van der Waals surface area contributed by atoms with Crippen molar-refractivity contribution in [2.45, 2.75) is 6.92 Å². The Morgan fingerprint density at radius 2 is 1.85 bits per heavy atom. The Balaban J connectivity index is 1.63. The summed E-state index contributed by atoms with van der Waals surface area (Å²) in [5.41, 5.74) is 6.63. The molecule has 1 amide bonds. The van der Waals surface area contributed by atoms with Crippen molar-refractivity contribution in [3.8, 4) is 0 Å². The van der Waals surface area contributed by atoms with Gasteiger partial charge in [0.05, 0.1) is 21.0 Å². The summed E-state index contributed by atoms with van der Waals surface area (Å²) in [7, 11) is 0. The topological polar surface area (TPSA) is 135 Å². The van der Waals surface area contributed by atoms with Crippen LogP contribution in [0.15, 0.2) is 54.9 Å². The molecule has 0 aliphatic carbocycles. The summed E-state index contributed by atoms with van der Waals surface area (Å²) in [6.45, 7) is 1.87. The van der Waals surface area contributed by atoms with Crippen LogP contribution in [0.1, 0.15) is 16.1 Å². The van der Waals surface area contributed by atoms with E-state index in [4.69, 9.17) is 23.2 Å². The second kappa shape index (κ2) is 9.23. The van der Waals surface area contributed by atoms with E-state index in [1.807, 2.05) is 25.1 Å². The highest BCUT2D eigenvalue weighted by molar-refractivity contribution is 6.36. The third kappa shape index (κ3) is 4.76. The maximum absolute atomic E-state index is 12.4. The summed E-state index contributed by atoms with van der Waals surface area (Å²) in [5.74, 6) is -0.913. The number of nitro groups is 1. The number of carbonyl (C=O) groups excluding carboxylic acids is 1. The lowest BCUT2D eigenvalue weighted by Crippen LogP contribution is -2.30. The third-order valence-corrected chi connectivity index (χ3v) is 5.15. The fourth-order valence-electron chi connectivity index (χ4n) is 3.09. The van der Waals surface area contributed by atoms with Crippen LogP contribution in [0.5, 0.6) is 0 Å². The van der Waals surface area contributed by atoms with E-state index in [0.29, 0.717) is 10.7 Å². The SMILES string of the molecule is Cc1ccc2c(Nc3ncnc(NNC(=O)c4ccc(Cl)cc4Cl)c3[N+](=O)[O-])cccc2n1. The highest BCUT2D eigenvalue weighted by Gasteiger charge is 2.24. The number of benzene rings is 2. The van der Waals surface area contributed by atoms with Gasteiger partial charge < -0.3 is 5.32 Å². The molecule has 0 unspecified atom stereocenters. The number of aromatic nitrogens is 3. The maximum atomic E-state index is 12.4. The molecular weight excluding hydrogens is 469 g/mol. The van der Waals surface area contributed by atoms with E-state index < -0.39 is 16.5 Å². The van der Waals surface area contributed by atoms with Crippen molar-refractivity contribution in [1.29, 1.82) is 0 Å². The Bertz CT molecular complexity index is 1400. The smallest absolute Gasteiger partial charge is 0.334 e. The summed E-state index contributed by atoms with van der Waals surface area (Å²) >= 11 is 11.9. The lowest BCUT2D eigenvalue weighted by molar-refractivity contribution is -0.383. The van der Waals surface area contributed by atoms with Crippen LogP contribution in [-0.2, 0) is 0 Å². The summed E-state index contributed by atoms with van der Waals surface area (Å²) in [6, 6.07) is 13.4.